The van der Waals surface area contributed by atoms with Crippen LogP contribution in [0.4, 0.5) is 5.00 Å². The summed E-state index contributed by atoms with van der Waals surface area (Å²) in [5.74, 6) is -0.0635. The Labute approximate surface area is 215 Å². The number of hydrogen-bond donors (Lipinski definition) is 1. The number of benzene rings is 2. The number of fused-ring (bicyclic) bond motifs is 2. The Bertz CT molecular complexity index is 1490. The van der Waals surface area contributed by atoms with E-state index in [1.54, 1.807) is 6.92 Å². The lowest BCUT2D eigenvalue weighted by Gasteiger charge is -2.18. The fourth-order valence-corrected chi connectivity index (χ4v) is 6.42. The molecule has 1 amide bonds. The van der Waals surface area contributed by atoms with Crippen molar-refractivity contribution in [3.05, 3.63) is 81.2 Å². The molecule has 2 aromatic heterocycles. The van der Waals surface area contributed by atoms with Crippen molar-refractivity contribution in [3.63, 3.8) is 0 Å². The number of carbonyl (C=O) groups excluding carboxylic acids is 2. The van der Waals surface area contributed by atoms with Gasteiger partial charge in [-0.15, -0.1) is 11.3 Å². The zero-order chi connectivity index (χ0) is 25.4. The molecule has 2 aromatic carbocycles. The predicted octanol–water partition coefficient (Wildman–Crippen LogP) is 7.13. The third-order valence-electron chi connectivity index (χ3n) is 6.84. The maximum Gasteiger partial charge on any atom is 0.341 e. The van der Waals surface area contributed by atoms with Crippen LogP contribution in [0.25, 0.3) is 22.2 Å². The average Bonchev–Trinajstić information content (AvgIpc) is 3.20. The second-order valence-corrected chi connectivity index (χ2v) is 10.7. The Morgan fingerprint density at radius 2 is 1.94 bits per heavy atom. The molecule has 0 radical (unpaired) electrons. The molecule has 1 atom stereocenters. The normalized spacial score (nSPS) is 14.9. The smallest absolute Gasteiger partial charge is 0.341 e. The van der Waals surface area contributed by atoms with Gasteiger partial charge in [-0.05, 0) is 69.2 Å². The molecule has 5 nitrogen and oxygen atoms in total. The number of nitrogens with zero attached hydrogens (tertiary/aromatic N) is 1. The van der Waals surface area contributed by atoms with Crippen molar-refractivity contribution in [3.8, 4) is 11.3 Å². The first kappa shape index (κ1) is 24.2. The van der Waals surface area contributed by atoms with Crippen molar-refractivity contribution in [1.82, 2.24) is 4.98 Å². The molecule has 0 saturated carbocycles. The molecule has 5 rings (SSSR count). The van der Waals surface area contributed by atoms with Crippen molar-refractivity contribution >= 4 is 39.1 Å². The molecular weight excluding hydrogens is 468 g/mol. The number of esters is 1. The molecular formula is C30H30N2O3S. The molecule has 1 N–H and O–H groups in total. The fraction of sp³-hybridized carbons (Fsp3) is 0.300. The molecule has 2 heterocycles. The van der Waals surface area contributed by atoms with Gasteiger partial charge in [-0.2, -0.15) is 0 Å². The van der Waals surface area contributed by atoms with Gasteiger partial charge in [0, 0.05) is 15.8 Å². The summed E-state index contributed by atoms with van der Waals surface area (Å²) in [7, 11) is 0. The Morgan fingerprint density at radius 1 is 1.14 bits per heavy atom. The Hall–Kier alpha value is -3.51. The lowest BCUT2D eigenvalue weighted by atomic mass is 9.88. The predicted molar refractivity (Wildman–Crippen MR) is 146 cm³/mol. The minimum atomic E-state index is -0.365. The number of amides is 1. The first-order chi connectivity index (χ1) is 17.4. The molecule has 1 aliphatic rings. The molecule has 0 aliphatic heterocycles. The van der Waals surface area contributed by atoms with E-state index in [0.717, 1.165) is 52.5 Å². The van der Waals surface area contributed by atoms with E-state index >= 15 is 0 Å². The first-order valence-electron chi connectivity index (χ1n) is 12.5. The van der Waals surface area contributed by atoms with Crippen molar-refractivity contribution in [2.45, 2.75) is 47.0 Å². The SMILES string of the molecule is CCOC(=O)c1c(NC(=O)c2cc(-c3ccc(C)cc3C)nc3ccccc23)sc2c1CCC(C)C2. The largest absolute Gasteiger partial charge is 0.462 e. The number of aryl methyl sites for hydroxylation is 2. The zero-order valence-electron chi connectivity index (χ0n) is 21.1. The number of hydrogen-bond acceptors (Lipinski definition) is 5. The summed E-state index contributed by atoms with van der Waals surface area (Å²) in [6, 6.07) is 15.8. The summed E-state index contributed by atoms with van der Waals surface area (Å²) in [5, 5.41) is 4.43. The number of rotatable bonds is 5. The van der Waals surface area contributed by atoms with Crippen molar-refractivity contribution in [1.29, 1.82) is 0 Å². The van der Waals surface area contributed by atoms with Crippen LogP contribution in [0.3, 0.4) is 0 Å². The number of aromatic nitrogens is 1. The highest BCUT2D eigenvalue weighted by molar-refractivity contribution is 7.17. The number of pyridine rings is 1. The van der Waals surface area contributed by atoms with Crippen LogP contribution in [-0.2, 0) is 17.6 Å². The molecule has 4 aromatic rings. The second kappa shape index (κ2) is 9.86. The molecule has 0 saturated heterocycles. The molecule has 184 valence electrons. The van der Waals surface area contributed by atoms with Gasteiger partial charge in [0.05, 0.1) is 28.9 Å². The minimum Gasteiger partial charge on any atom is -0.462 e. The average molecular weight is 499 g/mol. The molecule has 1 aliphatic carbocycles. The lowest BCUT2D eigenvalue weighted by Crippen LogP contribution is -2.17. The summed E-state index contributed by atoms with van der Waals surface area (Å²) in [6.45, 7) is 8.44. The van der Waals surface area contributed by atoms with Gasteiger partial charge >= 0.3 is 5.97 Å². The Morgan fingerprint density at radius 3 is 2.72 bits per heavy atom. The number of carbonyl (C=O) groups is 2. The van der Waals surface area contributed by atoms with Gasteiger partial charge in [0.1, 0.15) is 5.00 Å². The highest BCUT2D eigenvalue weighted by atomic mass is 32.1. The fourth-order valence-electron chi connectivity index (χ4n) is 5.03. The monoisotopic (exact) mass is 498 g/mol. The molecule has 1 unspecified atom stereocenters. The van der Waals surface area contributed by atoms with Crippen LogP contribution in [-0.4, -0.2) is 23.5 Å². The standard InChI is InChI=1S/C30H30N2O3S/c1-5-35-30(34)27-22-13-11-18(3)15-26(22)36-29(27)32-28(33)23-16-25(20-12-10-17(2)14-19(20)4)31-24-9-7-6-8-21(23)24/h6-10,12,14,16,18H,5,11,13,15H2,1-4H3,(H,32,33). The summed E-state index contributed by atoms with van der Waals surface area (Å²) in [5.41, 5.74) is 6.86. The summed E-state index contributed by atoms with van der Waals surface area (Å²) in [4.78, 5) is 32.7. The number of thiophene rings is 1. The molecule has 36 heavy (non-hydrogen) atoms. The number of anilines is 1. The highest BCUT2D eigenvalue weighted by Crippen LogP contribution is 2.40. The highest BCUT2D eigenvalue weighted by Gasteiger charge is 2.29. The van der Waals surface area contributed by atoms with Crippen LogP contribution in [0.15, 0.2) is 48.5 Å². The van der Waals surface area contributed by atoms with Crippen LogP contribution < -0.4 is 5.32 Å². The van der Waals surface area contributed by atoms with E-state index < -0.39 is 0 Å². The summed E-state index contributed by atoms with van der Waals surface area (Å²) < 4.78 is 5.38. The van der Waals surface area contributed by atoms with Crippen molar-refractivity contribution < 1.29 is 14.3 Å². The zero-order valence-corrected chi connectivity index (χ0v) is 21.9. The van der Waals surface area contributed by atoms with E-state index in [4.69, 9.17) is 9.72 Å². The van der Waals surface area contributed by atoms with E-state index in [2.05, 4.69) is 44.3 Å². The molecule has 0 spiro atoms. The topological polar surface area (TPSA) is 68.3 Å². The Kier molecular flexibility index (Phi) is 6.63. The van der Waals surface area contributed by atoms with Gasteiger partial charge < -0.3 is 10.1 Å². The number of para-hydroxylation sites is 1. The summed E-state index contributed by atoms with van der Waals surface area (Å²) in [6.07, 6.45) is 2.77. The van der Waals surface area contributed by atoms with Crippen LogP contribution >= 0.6 is 11.3 Å². The van der Waals surface area contributed by atoms with Gasteiger partial charge in [-0.1, -0.05) is 48.9 Å². The van der Waals surface area contributed by atoms with Crippen molar-refractivity contribution in [2.24, 2.45) is 5.92 Å². The quantitative estimate of drug-likeness (QED) is 0.297. The molecule has 0 bridgehead atoms. The van der Waals surface area contributed by atoms with Gasteiger partial charge in [0.15, 0.2) is 0 Å². The van der Waals surface area contributed by atoms with E-state index in [9.17, 15) is 9.59 Å². The molecule has 6 heteroatoms. The number of ether oxygens (including phenoxy) is 1. The van der Waals surface area contributed by atoms with Gasteiger partial charge in [0.25, 0.3) is 5.91 Å². The van der Waals surface area contributed by atoms with Crippen LogP contribution in [0.1, 0.15) is 62.6 Å². The summed E-state index contributed by atoms with van der Waals surface area (Å²) >= 11 is 1.50. The van der Waals surface area contributed by atoms with Crippen LogP contribution in [0.2, 0.25) is 0 Å². The van der Waals surface area contributed by atoms with E-state index in [1.807, 2.05) is 30.3 Å². The first-order valence-corrected chi connectivity index (χ1v) is 13.3. The third kappa shape index (κ3) is 4.53. The lowest BCUT2D eigenvalue weighted by molar-refractivity contribution is 0.0526. The maximum absolute atomic E-state index is 13.8. The minimum absolute atomic E-state index is 0.253. The molecule has 0 fully saturated rings. The second-order valence-electron chi connectivity index (χ2n) is 9.62. The maximum atomic E-state index is 13.8. The van der Waals surface area contributed by atoms with Crippen molar-refractivity contribution in [2.75, 3.05) is 11.9 Å². The van der Waals surface area contributed by atoms with E-state index in [1.165, 1.54) is 21.8 Å². The van der Waals surface area contributed by atoms with Gasteiger partial charge in [-0.25, -0.2) is 9.78 Å². The number of nitrogens with one attached hydrogen (secondary N) is 1. The van der Waals surface area contributed by atoms with Crippen LogP contribution in [0, 0.1) is 19.8 Å². The van der Waals surface area contributed by atoms with Gasteiger partial charge in [-0.3, -0.25) is 4.79 Å². The Balaban J connectivity index is 1.59. The van der Waals surface area contributed by atoms with E-state index in [-0.39, 0.29) is 11.9 Å². The van der Waals surface area contributed by atoms with E-state index in [0.29, 0.717) is 28.7 Å². The van der Waals surface area contributed by atoms with Crippen LogP contribution in [0.5, 0.6) is 0 Å². The third-order valence-corrected chi connectivity index (χ3v) is 8.01. The van der Waals surface area contributed by atoms with Gasteiger partial charge in [0.2, 0.25) is 0 Å².